The number of carbonyl (C=O) groups is 1. The first kappa shape index (κ1) is 22.3. The first-order valence-electron chi connectivity index (χ1n) is 10.5. The molecule has 3 aromatic rings. The molecule has 1 N–H and O–H groups in total. The topological polar surface area (TPSA) is 75.5 Å². The van der Waals surface area contributed by atoms with Gasteiger partial charge in [-0.25, -0.2) is 5.01 Å². The summed E-state index contributed by atoms with van der Waals surface area (Å²) < 4.78 is 11.0. The molecule has 5 rings (SSSR count). The number of nitrogens with one attached hydrogen (secondary N) is 1. The van der Waals surface area contributed by atoms with Crippen LogP contribution in [0, 0.1) is 0 Å². The van der Waals surface area contributed by atoms with E-state index in [1.807, 2.05) is 60.7 Å². The number of rotatable bonds is 5. The van der Waals surface area contributed by atoms with Crippen LogP contribution in [0.5, 0.6) is 11.5 Å². The Labute approximate surface area is 205 Å². The highest BCUT2D eigenvalue weighted by Gasteiger charge is 2.35. The zero-order chi connectivity index (χ0) is 23.7. The van der Waals surface area contributed by atoms with E-state index in [2.05, 4.69) is 5.32 Å². The van der Waals surface area contributed by atoms with Crippen molar-refractivity contribution in [2.45, 2.75) is 11.9 Å². The van der Waals surface area contributed by atoms with Gasteiger partial charge in [-0.3, -0.25) is 15.1 Å². The fraction of sp³-hybridized carbons (Fsp3) is 0.160. The molecule has 34 heavy (non-hydrogen) atoms. The zero-order valence-corrected chi connectivity index (χ0v) is 20.1. The Bertz CT molecular complexity index is 1410. The first-order valence-corrected chi connectivity index (χ1v) is 11.9. The van der Waals surface area contributed by atoms with Crippen LogP contribution in [0.4, 0.5) is 0 Å². The quantitative estimate of drug-likeness (QED) is 0.590. The van der Waals surface area contributed by atoms with E-state index in [1.165, 1.54) is 11.8 Å². The van der Waals surface area contributed by atoms with Gasteiger partial charge in [-0.2, -0.15) is 0 Å². The van der Waals surface area contributed by atoms with Crippen LogP contribution in [0.2, 0.25) is 5.02 Å². The van der Waals surface area contributed by atoms with Gasteiger partial charge >= 0.3 is 0 Å². The zero-order valence-electron chi connectivity index (χ0n) is 18.5. The summed E-state index contributed by atoms with van der Waals surface area (Å²) in [4.78, 5) is 18.2. The van der Waals surface area contributed by atoms with Crippen molar-refractivity contribution in [3.63, 3.8) is 0 Å². The van der Waals surface area contributed by atoms with Crippen molar-refractivity contribution in [3.8, 4) is 11.5 Å². The molecule has 1 amide bonds. The molecular weight excluding hydrogens is 472 g/mol. The van der Waals surface area contributed by atoms with E-state index < -0.39 is 6.17 Å². The summed E-state index contributed by atoms with van der Waals surface area (Å²) in [6.07, 6.45) is -0.581. The number of methoxy groups -OCH3 is 2. The summed E-state index contributed by atoms with van der Waals surface area (Å²) in [6.45, 7) is 0. The van der Waals surface area contributed by atoms with E-state index in [0.717, 1.165) is 21.7 Å². The van der Waals surface area contributed by atoms with Gasteiger partial charge in [0.25, 0.3) is 5.91 Å². The second-order valence-corrected chi connectivity index (χ2v) is 9.00. The molecular formula is C25H21ClN4O3S. The fourth-order valence-corrected chi connectivity index (χ4v) is 4.79. The van der Waals surface area contributed by atoms with E-state index in [0.29, 0.717) is 33.1 Å². The number of amidine groups is 1. The van der Waals surface area contributed by atoms with Gasteiger partial charge in [-0.15, -0.1) is 5.10 Å². The first-order chi connectivity index (χ1) is 16.6. The lowest BCUT2D eigenvalue weighted by atomic mass is 10.1. The van der Waals surface area contributed by atoms with Crippen molar-refractivity contribution < 1.29 is 14.3 Å². The molecule has 3 aromatic carbocycles. The summed E-state index contributed by atoms with van der Waals surface area (Å²) in [5.74, 6) is 1.67. The molecule has 1 atom stereocenters. The van der Waals surface area contributed by atoms with Crippen LogP contribution >= 0.6 is 23.4 Å². The standard InChI is InChI=1S/C25H21ClN4O3S/c1-32-17-11-12-19(21(13-17)33-2)23-27-20-6-4-3-5-18(20)22-24(31)28-25(29-30(22)23)34-14-15-7-9-16(26)10-8-15/h3-13,23H,14H2,1-2H3,(H,28,29,31)/t23-/m0/s1. The number of benzene rings is 3. The second-order valence-electron chi connectivity index (χ2n) is 7.60. The number of hydrogen-bond acceptors (Lipinski definition) is 7. The maximum absolute atomic E-state index is 13.3. The van der Waals surface area contributed by atoms with Crippen LogP contribution in [0.1, 0.15) is 17.3 Å². The van der Waals surface area contributed by atoms with E-state index in [4.69, 9.17) is 31.2 Å². The molecule has 9 heteroatoms. The number of para-hydroxylation sites is 1. The van der Waals surface area contributed by atoms with Gasteiger partial charge in [0.2, 0.25) is 0 Å². The minimum atomic E-state index is -0.581. The molecule has 0 spiro atoms. The minimum Gasteiger partial charge on any atom is -0.497 e. The van der Waals surface area contributed by atoms with Crippen LogP contribution in [0.25, 0.3) is 5.70 Å². The molecule has 2 aliphatic rings. The monoisotopic (exact) mass is 492 g/mol. The van der Waals surface area contributed by atoms with Crippen LogP contribution < -0.4 is 25.4 Å². The summed E-state index contributed by atoms with van der Waals surface area (Å²) in [5, 5.41) is 12.0. The molecule has 172 valence electrons. The van der Waals surface area contributed by atoms with Crippen molar-refractivity contribution in [2.24, 2.45) is 10.1 Å². The van der Waals surface area contributed by atoms with Crippen molar-refractivity contribution in [3.05, 3.63) is 93.5 Å². The van der Waals surface area contributed by atoms with Gasteiger partial charge in [0.15, 0.2) is 11.3 Å². The maximum Gasteiger partial charge on any atom is 0.276 e. The minimum absolute atomic E-state index is 0.228. The number of ether oxygens (including phenoxy) is 2. The van der Waals surface area contributed by atoms with Gasteiger partial charge in [-0.1, -0.05) is 53.7 Å². The van der Waals surface area contributed by atoms with E-state index >= 15 is 0 Å². The molecule has 0 saturated carbocycles. The Kier molecular flexibility index (Phi) is 6.17. The number of carbonyl (C=O) groups excluding carboxylic acids is 1. The van der Waals surface area contributed by atoms with Crippen LogP contribution in [0.15, 0.2) is 76.8 Å². The van der Waals surface area contributed by atoms with Crippen LogP contribution in [-0.4, -0.2) is 30.3 Å². The van der Waals surface area contributed by atoms with Crippen molar-refractivity contribution >= 4 is 40.1 Å². The average molecular weight is 493 g/mol. The van der Waals surface area contributed by atoms with E-state index in [-0.39, 0.29) is 5.91 Å². The summed E-state index contributed by atoms with van der Waals surface area (Å²) >= 11 is 7.43. The van der Waals surface area contributed by atoms with Crippen molar-refractivity contribution in [2.75, 3.05) is 14.2 Å². The third-order valence-electron chi connectivity index (χ3n) is 5.52. The Hall–Kier alpha value is -3.49. The lowest BCUT2D eigenvalue weighted by Gasteiger charge is -2.34. The van der Waals surface area contributed by atoms with E-state index in [1.54, 1.807) is 25.3 Å². The fourth-order valence-electron chi connectivity index (χ4n) is 3.86. The molecule has 0 aliphatic carbocycles. The van der Waals surface area contributed by atoms with Crippen LogP contribution in [0.3, 0.4) is 0 Å². The van der Waals surface area contributed by atoms with Crippen molar-refractivity contribution in [1.29, 1.82) is 0 Å². The largest absolute Gasteiger partial charge is 0.497 e. The third-order valence-corrected chi connectivity index (χ3v) is 6.71. The maximum atomic E-state index is 13.3. The predicted molar refractivity (Wildman–Crippen MR) is 133 cm³/mol. The predicted octanol–water partition coefficient (Wildman–Crippen LogP) is 3.43. The molecule has 2 heterocycles. The highest BCUT2D eigenvalue weighted by molar-refractivity contribution is 8.13. The lowest BCUT2D eigenvalue weighted by Crippen LogP contribution is -2.50. The molecule has 0 unspecified atom stereocenters. The van der Waals surface area contributed by atoms with Gasteiger partial charge < -0.3 is 9.47 Å². The van der Waals surface area contributed by atoms with E-state index in [9.17, 15) is 4.79 Å². The number of nitrogens with zero attached hydrogens (tertiary/aromatic N) is 3. The second kappa shape index (κ2) is 9.40. The molecule has 0 saturated heterocycles. The molecule has 0 fully saturated rings. The molecule has 7 nitrogen and oxygen atoms in total. The molecule has 0 bridgehead atoms. The summed E-state index contributed by atoms with van der Waals surface area (Å²) in [6, 6.07) is 20.7. The number of hydrogen-bond donors (Lipinski definition) is 1. The van der Waals surface area contributed by atoms with Gasteiger partial charge in [-0.05, 0) is 35.9 Å². The number of halogens is 1. The van der Waals surface area contributed by atoms with Crippen LogP contribution in [-0.2, 0) is 10.5 Å². The summed E-state index contributed by atoms with van der Waals surface area (Å²) in [5.41, 5.74) is 2.29. The highest BCUT2D eigenvalue weighted by atomic mass is 35.5. The normalized spacial score (nSPS) is 16.6. The number of fused-ring (bicyclic) bond motifs is 2. The molecule has 0 aromatic heterocycles. The lowest BCUT2D eigenvalue weighted by molar-refractivity contribution is -0.116. The SMILES string of the molecule is COc1ccc([C@H]2N=c3ccccc3=C3C(=O)NC(SCc4ccc(Cl)cc4)=NN32)c(OC)c1. The number of hydrazone groups is 1. The Morgan fingerprint density at radius 3 is 2.62 bits per heavy atom. The average Bonchev–Trinajstić information content (AvgIpc) is 2.87. The van der Waals surface area contributed by atoms with Crippen molar-refractivity contribution in [1.82, 2.24) is 10.3 Å². The Morgan fingerprint density at radius 2 is 1.85 bits per heavy atom. The van der Waals surface area contributed by atoms with Gasteiger partial charge in [0.1, 0.15) is 17.2 Å². The number of thioether (sulfide) groups is 1. The number of amides is 1. The molecule has 2 aliphatic heterocycles. The summed E-state index contributed by atoms with van der Waals surface area (Å²) in [7, 11) is 3.20. The Balaban J connectivity index is 1.58. The third kappa shape index (κ3) is 4.22. The molecule has 0 radical (unpaired) electrons. The highest BCUT2D eigenvalue weighted by Crippen LogP contribution is 2.37. The van der Waals surface area contributed by atoms with Gasteiger partial charge in [0.05, 0.1) is 19.6 Å². The van der Waals surface area contributed by atoms with Gasteiger partial charge in [0, 0.05) is 27.6 Å². The Morgan fingerprint density at radius 1 is 1.06 bits per heavy atom. The smallest absolute Gasteiger partial charge is 0.276 e.